The lowest BCUT2D eigenvalue weighted by molar-refractivity contribution is 0.0950. The third-order valence-corrected chi connectivity index (χ3v) is 4.03. The molecule has 5 nitrogen and oxygen atoms in total. The summed E-state index contributed by atoms with van der Waals surface area (Å²) < 4.78 is 21.4. The molecule has 2 heterocycles. The second-order valence-corrected chi connectivity index (χ2v) is 6.13. The van der Waals surface area contributed by atoms with Crippen LogP contribution in [0.4, 0.5) is 4.39 Å². The second kappa shape index (κ2) is 6.55. The Labute approximate surface area is 145 Å². The van der Waals surface area contributed by atoms with Crippen molar-refractivity contribution in [3.8, 4) is 5.69 Å². The normalized spacial score (nSPS) is 10.9. The van der Waals surface area contributed by atoms with Gasteiger partial charge in [0, 0.05) is 23.4 Å². The van der Waals surface area contributed by atoms with Crippen LogP contribution in [-0.4, -0.2) is 15.7 Å². The Bertz CT molecular complexity index is 940. The molecule has 3 aromatic rings. The zero-order valence-corrected chi connectivity index (χ0v) is 14.7. The van der Waals surface area contributed by atoms with E-state index in [2.05, 4.69) is 10.4 Å². The SMILES string of the molecule is Cc1cc(C)n(-c2ccc(C(=O)NCc3cc(C)oc3C)cc2F)n1. The highest BCUT2D eigenvalue weighted by atomic mass is 19.1. The topological polar surface area (TPSA) is 60.1 Å². The Hall–Kier alpha value is -2.89. The summed E-state index contributed by atoms with van der Waals surface area (Å²) >= 11 is 0. The molecule has 0 spiro atoms. The Morgan fingerprint density at radius 1 is 1.20 bits per heavy atom. The number of furan rings is 1. The van der Waals surface area contributed by atoms with Gasteiger partial charge in [0.05, 0.1) is 5.69 Å². The molecule has 130 valence electrons. The van der Waals surface area contributed by atoms with E-state index in [0.717, 1.165) is 28.5 Å². The van der Waals surface area contributed by atoms with Crippen molar-refractivity contribution in [3.05, 3.63) is 70.2 Å². The lowest BCUT2D eigenvalue weighted by atomic mass is 10.1. The predicted octanol–water partition coefficient (Wildman–Crippen LogP) is 3.77. The minimum atomic E-state index is -0.491. The first-order valence-corrected chi connectivity index (χ1v) is 8.02. The minimum absolute atomic E-state index is 0.264. The van der Waals surface area contributed by atoms with E-state index < -0.39 is 5.82 Å². The maximum absolute atomic E-state index is 14.5. The molecule has 0 aliphatic rings. The fourth-order valence-corrected chi connectivity index (χ4v) is 2.83. The van der Waals surface area contributed by atoms with E-state index in [1.807, 2.05) is 39.8 Å². The van der Waals surface area contributed by atoms with Gasteiger partial charge in [0.2, 0.25) is 0 Å². The van der Waals surface area contributed by atoms with Gasteiger partial charge in [-0.1, -0.05) is 0 Å². The number of hydrogen-bond donors (Lipinski definition) is 1. The van der Waals surface area contributed by atoms with Gasteiger partial charge in [0.15, 0.2) is 0 Å². The predicted molar refractivity (Wildman–Crippen MR) is 92.3 cm³/mol. The van der Waals surface area contributed by atoms with Crippen molar-refractivity contribution in [2.45, 2.75) is 34.2 Å². The fourth-order valence-electron chi connectivity index (χ4n) is 2.83. The summed E-state index contributed by atoms with van der Waals surface area (Å²) in [5.41, 5.74) is 3.14. The molecule has 0 unspecified atom stereocenters. The van der Waals surface area contributed by atoms with E-state index in [9.17, 15) is 9.18 Å². The number of hydrogen-bond acceptors (Lipinski definition) is 3. The number of rotatable bonds is 4. The third kappa shape index (κ3) is 3.47. The summed E-state index contributed by atoms with van der Waals surface area (Å²) in [6, 6.07) is 8.14. The van der Waals surface area contributed by atoms with E-state index in [4.69, 9.17) is 4.42 Å². The van der Waals surface area contributed by atoms with Crippen molar-refractivity contribution in [2.24, 2.45) is 0 Å². The van der Waals surface area contributed by atoms with Gasteiger partial charge < -0.3 is 9.73 Å². The molecule has 25 heavy (non-hydrogen) atoms. The fraction of sp³-hybridized carbons (Fsp3) is 0.263. The van der Waals surface area contributed by atoms with Crippen molar-refractivity contribution in [1.82, 2.24) is 15.1 Å². The first-order valence-electron chi connectivity index (χ1n) is 8.02. The van der Waals surface area contributed by atoms with Crippen molar-refractivity contribution >= 4 is 5.91 Å². The molecule has 1 N–H and O–H groups in total. The number of carbonyl (C=O) groups excluding carboxylic acids is 1. The van der Waals surface area contributed by atoms with Crippen molar-refractivity contribution in [2.75, 3.05) is 0 Å². The molecule has 0 radical (unpaired) electrons. The van der Waals surface area contributed by atoms with E-state index >= 15 is 0 Å². The second-order valence-electron chi connectivity index (χ2n) is 6.13. The minimum Gasteiger partial charge on any atom is -0.466 e. The molecule has 0 saturated carbocycles. The standard InChI is InChI=1S/C19H20FN3O2/c1-11-7-12(2)23(22-11)18-6-5-15(9-17(18)20)19(24)21-10-16-8-13(3)25-14(16)4/h5-9H,10H2,1-4H3,(H,21,24). The molecule has 2 aromatic heterocycles. The Kier molecular flexibility index (Phi) is 4.44. The molecule has 0 atom stereocenters. The molecule has 0 aliphatic carbocycles. The van der Waals surface area contributed by atoms with E-state index in [0.29, 0.717) is 12.2 Å². The van der Waals surface area contributed by atoms with Gasteiger partial charge in [0.25, 0.3) is 5.91 Å². The van der Waals surface area contributed by atoms with Gasteiger partial charge in [-0.15, -0.1) is 0 Å². The average Bonchev–Trinajstić information content (AvgIpc) is 3.05. The van der Waals surface area contributed by atoms with Crippen LogP contribution in [0.5, 0.6) is 0 Å². The van der Waals surface area contributed by atoms with E-state index in [1.165, 1.54) is 10.7 Å². The quantitative estimate of drug-likeness (QED) is 0.786. The first kappa shape index (κ1) is 17.0. The van der Waals surface area contributed by atoms with Gasteiger partial charge in [-0.3, -0.25) is 4.79 Å². The molecule has 1 amide bonds. The maximum atomic E-state index is 14.5. The zero-order valence-electron chi connectivity index (χ0n) is 14.7. The van der Waals surface area contributed by atoms with Crippen molar-refractivity contribution in [1.29, 1.82) is 0 Å². The number of carbonyl (C=O) groups is 1. The summed E-state index contributed by atoms with van der Waals surface area (Å²) in [6.07, 6.45) is 0. The molecule has 0 fully saturated rings. The Morgan fingerprint density at radius 3 is 2.52 bits per heavy atom. The maximum Gasteiger partial charge on any atom is 0.251 e. The molecular weight excluding hydrogens is 321 g/mol. The van der Waals surface area contributed by atoms with Gasteiger partial charge in [-0.2, -0.15) is 5.10 Å². The molecule has 0 bridgehead atoms. The summed E-state index contributed by atoms with van der Waals surface area (Å²) in [5, 5.41) is 7.05. The highest BCUT2D eigenvalue weighted by molar-refractivity contribution is 5.94. The molecular formula is C19H20FN3O2. The number of nitrogens with zero attached hydrogens (tertiary/aromatic N) is 2. The number of aryl methyl sites for hydroxylation is 4. The van der Waals surface area contributed by atoms with Crippen LogP contribution in [0.25, 0.3) is 5.69 Å². The molecule has 0 saturated heterocycles. The van der Waals surface area contributed by atoms with Crippen LogP contribution in [0.1, 0.15) is 38.8 Å². The van der Waals surface area contributed by atoms with Crippen LogP contribution in [0.15, 0.2) is 34.7 Å². The van der Waals surface area contributed by atoms with Crippen molar-refractivity contribution in [3.63, 3.8) is 0 Å². The number of halogens is 1. The molecule has 3 rings (SSSR count). The van der Waals surface area contributed by atoms with E-state index in [-0.39, 0.29) is 11.5 Å². The Morgan fingerprint density at radius 2 is 1.96 bits per heavy atom. The van der Waals surface area contributed by atoms with Crippen LogP contribution in [-0.2, 0) is 6.54 Å². The lowest BCUT2D eigenvalue weighted by Crippen LogP contribution is -2.23. The smallest absolute Gasteiger partial charge is 0.251 e. The average molecular weight is 341 g/mol. The number of benzene rings is 1. The van der Waals surface area contributed by atoms with Crippen LogP contribution in [0, 0.1) is 33.5 Å². The summed E-state index contributed by atoms with van der Waals surface area (Å²) in [7, 11) is 0. The molecule has 6 heteroatoms. The number of aromatic nitrogens is 2. The largest absolute Gasteiger partial charge is 0.466 e. The summed E-state index contributed by atoms with van der Waals surface area (Å²) in [4.78, 5) is 12.3. The Balaban J connectivity index is 1.77. The van der Waals surface area contributed by atoms with Gasteiger partial charge in [-0.05, 0) is 58.0 Å². The third-order valence-electron chi connectivity index (χ3n) is 4.03. The first-order chi connectivity index (χ1) is 11.8. The van der Waals surface area contributed by atoms with Gasteiger partial charge >= 0.3 is 0 Å². The molecule has 1 aromatic carbocycles. The number of nitrogens with one attached hydrogen (secondary N) is 1. The highest BCUT2D eigenvalue weighted by Gasteiger charge is 2.14. The van der Waals surface area contributed by atoms with Gasteiger partial charge in [-0.25, -0.2) is 9.07 Å². The number of amides is 1. The van der Waals surface area contributed by atoms with Gasteiger partial charge in [0.1, 0.15) is 23.0 Å². The zero-order chi connectivity index (χ0) is 18.1. The van der Waals surface area contributed by atoms with Crippen molar-refractivity contribution < 1.29 is 13.6 Å². The van der Waals surface area contributed by atoms with Crippen LogP contribution in [0.2, 0.25) is 0 Å². The summed E-state index contributed by atoms with van der Waals surface area (Å²) in [5.74, 6) is 0.733. The monoisotopic (exact) mass is 341 g/mol. The van der Waals surface area contributed by atoms with Crippen LogP contribution < -0.4 is 5.32 Å². The van der Waals surface area contributed by atoms with Crippen LogP contribution in [0.3, 0.4) is 0 Å². The van der Waals surface area contributed by atoms with E-state index in [1.54, 1.807) is 12.1 Å². The molecule has 0 aliphatic heterocycles. The lowest BCUT2D eigenvalue weighted by Gasteiger charge is -2.09. The van der Waals surface area contributed by atoms with Crippen LogP contribution >= 0.6 is 0 Å². The highest BCUT2D eigenvalue weighted by Crippen LogP contribution is 2.18. The summed E-state index contributed by atoms with van der Waals surface area (Å²) in [6.45, 7) is 7.74.